The van der Waals surface area contributed by atoms with Gasteiger partial charge in [-0.3, -0.25) is 13.9 Å². The predicted molar refractivity (Wildman–Crippen MR) is 188 cm³/mol. The second-order valence-corrected chi connectivity index (χ2v) is 13.7. The molecule has 4 aromatic rings. The molecule has 4 rings (SSSR count). The van der Waals surface area contributed by atoms with Gasteiger partial charge in [-0.15, -0.1) is 0 Å². The minimum absolute atomic E-state index is 0.0469. The van der Waals surface area contributed by atoms with Gasteiger partial charge in [0.15, 0.2) is 0 Å². The van der Waals surface area contributed by atoms with E-state index in [4.69, 9.17) is 39.5 Å². The van der Waals surface area contributed by atoms with Crippen molar-refractivity contribution in [1.82, 2.24) is 10.2 Å². The van der Waals surface area contributed by atoms with Crippen LogP contribution >= 0.6 is 34.8 Å². The number of hydrogen-bond donors (Lipinski definition) is 1. The molecule has 0 radical (unpaired) electrons. The monoisotopic (exact) mass is 715 g/mol. The Morgan fingerprint density at radius 2 is 1.51 bits per heavy atom. The van der Waals surface area contributed by atoms with Gasteiger partial charge in [0.05, 0.1) is 27.2 Å². The predicted octanol–water partition coefficient (Wildman–Crippen LogP) is 7.41. The number of carbonyl (C=O) groups excluding carboxylic acids is 2. The van der Waals surface area contributed by atoms with Gasteiger partial charge in [0.2, 0.25) is 11.8 Å². The van der Waals surface area contributed by atoms with Crippen molar-refractivity contribution in [2.75, 3.05) is 24.0 Å². The van der Waals surface area contributed by atoms with Crippen LogP contribution in [0.25, 0.3) is 0 Å². The molecule has 12 heteroatoms. The molecule has 2 amide bonds. The number of benzene rings is 4. The molecule has 0 aliphatic carbocycles. The average Bonchev–Trinajstić information content (AvgIpc) is 3.06. The molecule has 4 aromatic carbocycles. The first-order chi connectivity index (χ1) is 22.5. The van der Waals surface area contributed by atoms with Crippen molar-refractivity contribution in [1.29, 1.82) is 0 Å². The summed E-state index contributed by atoms with van der Waals surface area (Å²) in [5.41, 5.74) is 1.60. The standard InChI is InChI=1S/C35H36Cl3N3O5S/c1-3-20-39-35(43)32(22-25-10-6-5-7-11-25)40(23-26-14-19-29(37)30(38)21-26)34(42)24-41(31-12-8-9-13-33(31)46-4-2)47(44,45)28-17-15-27(36)16-18-28/h5-19,21,32H,3-4,20,22-24H2,1-2H3,(H,39,43)/t32-/m1/s1. The van der Waals surface area contributed by atoms with Gasteiger partial charge in [0, 0.05) is 24.5 Å². The van der Waals surface area contributed by atoms with E-state index in [-0.39, 0.29) is 46.8 Å². The number of ether oxygens (including phenoxy) is 1. The lowest BCUT2D eigenvalue weighted by molar-refractivity contribution is -0.140. The van der Waals surface area contributed by atoms with E-state index in [0.29, 0.717) is 28.6 Å². The zero-order valence-corrected chi connectivity index (χ0v) is 29.1. The number of sulfonamides is 1. The highest BCUT2D eigenvalue weighted by Crippen LogP contribution is 2.33. The van der Waals surface area contributed by atoms with Gasteiger partial charge >= 0.3 is 0 Å². The number of carbonyl (C=O) groups is 2. The Morgan fingerprint density at radius 1 is 0.830 bits per heavy atom. The molecule has 0 saturated carbocycles. The number of para-hydroxylation sites is 2. The number of halogens is 3. The van der Waals surface area contributed by atoms with Crippen molar-refractivity contribution >= 4 is 62.3 Å². The van der Waals surface area contributed by atoms with E-state index in [9.17, 15) is 18.0 Å². The van der Waals surface area contributed by atoms with Crippen molar-refractivity contribution < 1.29 is 22.7 Å². The lowest BCUT2D eigenvalue weighted by Crippen LogP contribution is -2.53. The summed E-state index contributed by atoms with van der Waals surface area (Å²) in [5.74, 6) is -0.712. The molecule has 0 bridgehead atoms. The zero-order valence-electron chi connectivity index (χ0n) is 26.0. The lowest BCUT2D eigenvalue weighted by Gasteiger charge is -2.34. The zero-order chi connectivity index (χ0) is 34.0. The minimum Gasteiger partial charge on any atom is -0.492 e. The first kappa shape index (κ1) is 36.1. The number of amides is 2. The SMILES string of the molecule is CCCNC(=O)[C@@H](Cc1ccccc1)N(Cc1ccc(Cl)c(Cl)c1)C(=O)CN(c1ccccc1OCC)S(=O)(=O)c1ccc(Cl)cc1. The van der Waals surface area contributed by atoms with Crippen LogP contribution in [0.1, 0.15) is 31.4 Å². The van der Waals surface area contributed by atoms with Crippen LogP contribution in [0.4, 0.5) is 5.69 Å². The maximum absolute atomic E-state index is 14.6. The van der Waals surface area contributed by atoms with E-state index in [2.05, 4.69) is 5.32 Å². The normalized spacial score (nSPS) is 11.9. The summed E-state index contributed by atoms with van der Waals surface area (Å²) in [5, 5.41) is 3.90. The van der Waals surface area contributed by atoms with Crippen LogP contribution in [0, 0.1) is 0 Å². The van der Waals surface area contributed by atoms with Gasteiger partial charge in [0.1, 0.15) is 18.3 Å². The second-order valence-electron chi connectivity index (χ2n) is 10.6. The van der Waals surface area contributed by atoms with Crippen LogP contribution in [0.15, 0.2) is 102 Å². The Balaban J connectivity index is 1.84. The molecule has 1 atom stereocenters. The van der Waals surface area contributed by atoms with Crippen LogP contribution in [0.5, 0.6) is 5.75 Å². The van der Waals surface area contributed by atoms with Crippen LogP contribution < -0.4 is 14.4 Å². The molecule has 0 fully saturated rings. The van der Waals surface area contributed by atoms with Gasteiger partial charge in [-0.05, 0) is 73.0 Å². The molecule has 8 nitrogen and oxygen atoms in total. The topological polar surface area (TPSA) is 96.0 Å². The molecule has 248 valence electrons. The first-order valence-corrected chi connectivity index (χ1v) is 17.7. The highest BCUT2D eigenvalue weighted by atomic mass is 35.5. The number of nitrogens with one attached hydrogen (secondary N) is 1. The largest absolute Gasteiger partial charge is 0.492 e. The van der Waals surface area contributed by atoms with Crippen LogP contribution in [-0.2, 0) is 32.6 Å². The molecule has 0 unspecified atom stereocenters. The summed E-state index contributed by atoms with van der Waals surface area (Å²) >= 11 is 18.6. The minimum atomic E-state index is -4.34. The third kappa shape index (κ3) is 9.41. The Morgan fingerprint density at radius 3 is 2.17 bits per heavy atom. The Labute approximate surface area is 291 Å². The van der Waals surface area contributed by atoms with E-state index in [1.807, 2.05) is 37.3 Å². The summed E-state index contributed by atoms with van der Waals surface area (Å²) in [6, 6.07) is 25.6. The van der Waals surface area contributed by atoms with Crippen LogP contribution in [0.3, 0.4) is 0 Å². The molecule has 0 aliphatic rings. The van der Waals surface area contributed by atoms with Gasteiger partial charge in [-0.2, -0.15) is 0 Å². The molecule has 0 spiro atoms. The molecule has 0 saturated heterocycles. The maximum Gasteiger partial charge on any atom is 0.264 e. The van der Waals surface area contributed by atoms with E-state index in [1.165, 1.54) is 29.2 Å². The average molecular weight is 717 g/mol. The summed E-state index contributed by atoms with van der Waals surface area (Å²) in [6.07, 6.45) is 0.870. The Hall–Kier alpha value is -3.76. The highest BCUT2D eigenvalue weighted by molar-refractivity contribution is 7.92. The Kier molecular flexibility index (Phi) is 13.0. The fourth-order valence-electron chi connectivity index (χ4n) is 4.94. The number of nitrogens with zero attached hydrogens (tertiary/aromatic N) is 2. The van der Waals surface area contributed by atoms with Crippen LogP contribution in [-0.4, -0.2) is 50.9 Å². The summed E-state index contributed by atoms with van der Waals surface area (Å²) in [6.45, 7) is 3.69. The highest BCUT2D eigenvalue weighted by Gasteiger charge is 2.35. The third-order valence-electron chi connectivity index (χ3n) is 7.27. The van der Waals surface area contributed by atoms with Crippen molar-refractivity contribution in [3.63, 3.8) is 0 Å². The molecular weight excluding hydrogens is 681 g/mol. The number of hydrogen-bond acceptors (Lipinski definition) is 5. The van der Waals surface area contributed by atoms with E-state index in [1.54, 1.807) is 49.4 Å². The molecule has 0 aliphatic heterocycles. The van der Waals surface area contributed by atoms with Crippen molar-refractivity contribution in [2.24, 2.45) is 0 Å². The summed E-state index contributed by atoms with van der Waals surface area (Å²) in [4.78, 5) is 29.7. The second kappa shape index (κ2) is 16.9. The van der Waals surface area contributed by atoms with E-state index in [0.717, 1.165) is 9.87 Å². The summed E-state index contributed by atoms with van der Waals surface area (Å²) in [7, 11) is -4.34. The molecule has 0 heterocycles. The van der Waals surface area contributed by atoms with E-state index >= 15 is 0 Å². The van der Waals surface area contributed by atoms with Gasteiger partial charge in [-0.25, -0.2) is 8.42 Å². The number of anilines is 1. The fraction of sp³-hybridized carbons (Fsp3) is 0.257. The van der Waals surface area contributed by atoms with Crippen LogP contribution in [0.2, 0.25) is 15.1 Å². The molecule has 1 N–H and O–H groups in total. The quantitative estimate of drug-likeness (QED) is 0.138. The number of rotatable bonds is 15. The molecule has 47 heavy (non-hydrogen) atoms. The lowest BCUT2D eigenvalue weighted by atomic mass is 10.0. The first-order valence-electron chi connectivity index (χ1n) is 15.1. The van der Waals surface area contributed by atoms with Gasteiger partial charge in [0.25, 0.3) is 10.0 Å². The van der Waals surface area contributed by atoms with Crippen molar-refractivity contribution in [3.8, 4) is 5.75 Å². The molecule has 0 aromatic heterocycles. The maximum atomic E-state index is 14.6. The smallest absolute Gasteiger partial charge is 0.264 e. The Bertz CT molecular complexity index is 1770. The summed E-state index contributed by atoms with van der Waals surface area (Å²) < 4.78 is 35.4. The van der Waals surface area contributed by atoms with Crippen molar-refractivity contribution in [3.05, 3.63) is 123 Å². The van der Waals surface area contributed by atoms with Crippen molar-refractivity contribution in [2.45, 2.75) is 44.2 Å². The molecular formula is C35H36Cl3N3O5S. The van der Waals surface area contributed by atoms with Gasteiger partial charge < -0.3 is 15.0 Å². The van der Waals surface area contributed by atoms with Gasteiger partial charge in [-0.1, -0.05) is 90.3 Å². The fourth-order valence-corrected chi connectivity index (χ4v) is 6.81. The van der Waals surface area contributed by atoms with E-state index < -0.39 is 28.5 Å². The third-order valence-corrected chi connectivity index (χ3v) is 10.0.